The van der Waals surface area contributed by atoms with Crippen LogP contribution in [0.2, 0.25) is 0 Å². The molecule has 0 radical (unpaired) electrons. The average Bonchev–Trinajstić information content (AvgIpc) is 2.32. The van der Waals surface area contributed by atoms with E-state index in [1.807, 2.05) is 13.0 Å². The van der Waals surface area contributed by atoms with Gasteiger partial charge in [0, 0.05) is 6.07 Å². The molecule has 0 amide bonds. The highest BCUT2D eigenvalue weighted by atomic mass is 16.5. The Morgan fingerprint density at radius 3 is 2.47 bits per heavy atom. The first-order valence-corrected chi connectivity index (χ1v) is 7.03. The highest BCUT2D eigenvalue weighted by Crippen LogP contribution is 2.28. The Balaban J connectivity index is 2.49. The van der Waals surface area contributed by atoms with Crippen molar-refractivity contribution < 1.29 is 14.6 Å². The van der Waals surface area contributed by atoms with E-state index in [0.717, 1.165) is 12.0 Å². The highest BCUT2D eigenvalue weighted by Gasteiger charge is 2.12. The quantitative estimate of drug-likeness (QED) is 0.564. The lowest BCUT2D eigenvalue weighted by atomic mass is 10.0. The summed E-state index contributed by atoms with van der Waals surface area (Å²) in [6, 6.07) is 3.33. The number of carbonyl (C=O) groups excluding carboxylic acids is 1. The molecule has 1 aromatic rings. The molecule has 0 aliphatic carbocycles. The van der Waals surface area contributed by atoms with Gasteiger partial charge >= 0.3 is 0 Å². The van der Waals surface area contributed by atoms with Crippen molar-refractivity contribution in [3.63, 3.8) is 0 Å². The van der Waals surface area contributed by atoms with E-state index in [9.17, 15) is 9.90 Å². The number of phenols is 1. The van der Waals surface area contributed by atoms with Crippen molar-refractivity contribution in [3.8, 4) is 11.5 Å². The minimum Gasteiger partial charge on any atom is -0.507 e. The van der Waals surface area contributed by atoms with E-state index in [1.165, 1.54) is 38.7 Å². The molecule has 0 heterocycles. The van der Waals surface area contributed by atoms with Gasteiger partial charge in [0.2, 0.25) is 0 Å². The number of ketones is 1. The van der Waals surface area contributed by atoms with Crippen LogP contribution in [0.1, 0.15) is 61.9 Å². The topological polar surface area (TPSA) is 46.5 Å². The van der Waals surface area contributed by atoms with Gasteiger partial charge in [0.05, 0.1) is 12.2 Å². The maximum Gasteiger partial charge on any atom is 0.163 e. The second-order valence-corrected chi connectivity index (χ2v) is 4.95. The summed E-state index contributed by atoms with van der Waals surface area (Å²) in [5.74, 6) is 0.519. The molecule has 0 spiro atoms. The van der Waals surface area contributed by atoms with Crippen LogP contribution in [0.25, 0.3) is 0 Å². The van der Waals surface area contributed by atoms with Gasteiger partial charge in [-0.2, -0.15) is 0 Å². The van der Waals surface area contributed by atoms with Crippen LogP contribution in [0.15, 0.2) is 12.1 Å². The second kappa shape index (κ2) is 7.82. The fourth-order valence-corrected chi connectivity index (χ4v) is 2.17. The van der Waals surface area contributed by atoms with Gasteiger partial charge in [-0.3, -0.25) is 4.79 Å². The first-order chi connectivity index (χ1) is 9.06. The molecule has 0 aromatic heterocycles. The number of unbranched alkanes of at least 4 members (excludes halogenated alkanes) is 4. The standard InChI is InChI=1S/C16H24O3/c1-4-5-6-7-8-9-19-14-10-12(2)16(13(3)17)15(18)11-14/h10-11,18H,4-9H2,1-3H3. The Morgan fingerprint density at radius 1 is 1.21 bits per heavy atom. The predicted molar refractivity (Wildman–Crippen MR) is 77.1 cm³/mol. The summed E-state index contributed by atoms with van der Waals surface area (Å²) in [7, 11) is 0. The minimum absolute atomic E-state index is 0.00785. The lowest BCUT2D eigenvalue weighted by molar-refractivity contribution is 0.101. The van der Waals surface area contributed by atoms with Gasteiger partial charge in [0.25, 0.3) is 0 Å². The van der Waals surface area contributed by atoms with Gasteiger partial charge in [-0.15, -0.1) is 0 Å². The van der Waals surface area contributed by atoms with Crippen molar-refractivity contribution in [2.24, 2.45) is 0 Å². The third-order valence-corrected chi connectivity index (χ3v) is 3.16. The molecule has 3 heteroatoms. The van der Waals surface area contributed by atoms with E-state index < -0.39 is 0 Å². The van der Waals surface area contributed by atoms with Crippen LogP contribution in [-0.2, 0) is 0 Å². The smallest absolute Gasteiger partial charge is 0.163 e. The Bertz CT molecular complexity index is 401. The Morgan fingerprint density at radius 2 is 1.89 bits per heavy atom. The summed E-state index contributed by atoms with van der Waals surface area (Å²) in [5, 5.41) is 9.81. The van der Waals surface area contributed by atoms with Gasteiger partial charge in [-0.05, 0) is 31.9 Å². The predicted octanol–water partition coefficient (Wildman–Crippen LogP) is 4.25. The monoisotopic (exact) mass is 264 g/mol. The van der Waals surface area contributed by atoms with Crippen molar-refractivity contribution in [2.45, 2.75) is 52.9 Å². The van der Waals surface area contributed by atoms with Crippen molar-refractivity contribution in [3.05, 3.63) is 23.3 Å². The molecule has 0 saturated carbocycles. The summed E-state index contributed by atoms with van der Waals surface area (Å²) in [4.78, 5) is 11.4. The number of hydrogen-bond donors (Lipinski definition) is 1. The number of Topliss-reactive ketones (excluding diaryl/α,β-unsaturated/α-hetero) is 1. The zero-order valence-electron chi connectivity index (χ0n) is 12.2. The van der Waals surface area contributed by atoms with Crippen LogP contribution < -0.4 is 4.74 Å². The van der Waals surface area contributed by atoms with E-state index >= 15 is 0 Å². The molecule has 1 rings (SSSR count). The van der Waals surface area contributed by atoms with E-state index in [4.69, 9.17) is 4.74 Å². The lowest BCUT2D eigenvalue weighted by Gasteiger charge is -2.10. The maximum absolute atomic E-state index is 11.4. The number of aromatic hydroxyl groups is 1. The maximum atomic E-state index is 11.4. The van der Waals surface area contributed by atoms with Gasteiger partial charge in [0.1, 0.15) is 11.5 Å². The molecular weight excluding hydrogens is 240 g/mol. The molecule has 19 heavy (non-hydrogen) atoms. The Hall–Kier alpha value is -1.51. The first-order valence-electron chi connectivity index (χ1n) is 7.03. The second-order valence-electron chi connectivity index (χ2n) is 4.95. The fourth-order valence-electron chi connectivity index (χ4n) is 2.17. The van der Waals surface area contributed by atoms with E-state index in [2.05, 4.69) is 6.92 Å². The van der Waals surface area contributed by atoms with Crippen molar-refractivity contribution >= 4 is 5.78 Å². The third-order valence-electron chi connectivity index (χ3n) is 3.16. The normalized spacial score (nSPS) is 10.5. The van der Waals surface area contributed by atoms with E-state index in [0.29, 0.717) is 17.9 Å². The number of carbonyl (C=O) groups is 1. The van der Waals surface area contributed by atoms with Gasteiger partial charge < -0.3 is 9.84 Å². The van der Waals surface area contributed by atoms with Crippen LogP contribution in [-0.4, -0.2) is 17.5 Å². The number of phenolic OH excluding ortho intramolecular Hbond substituents is 1. The molecule has 1 aromatic carbocycles. The van der Waals surface area contributed by atoms with Crippen LogP contribution >= 0.6 is 0 Å². The average molecular weight is 264 g/mol. The first kappa shape index (κ1) is 15.5. The van der Waals surface area contributed by atoms with Crippen molar-refractivity contribution in [2.75, 3.05) is 6.61 Å². The molecule has 0 unspecified atom stereocenters. The molecule has 1 N–H and O–H groups in total. The number of benzene rings is 1. The molecule has 3 nitrogen and oxygen atoms in total. The number of hydrogen-bond acceptors (Lipinski definition) is 3. The SMILES string of the molecule is CCCCCCCOc1cc(C)c(C(C)=O)c(O)c1. The van der Waals surface area contributed by atoms with Gasteiger partial charge in [-0.25, -0.2) is 0 Å². The largest absolute Gasteiger partial charge is 0.507 e. The fraction of sp³-hybridized carbons (Fsp3) is 0.562. The van der Waals surface area contributed by atoms with Gasteiger partial charge in [0.15, 0.2) is 5.78 Å². The zero-order valence-corrected chi connectivity index (χ0v) is 12.2. The van der Waals surface area contributed by atoms with E-state index in [1.54, 1.807) is 0 Å². The van der Waals surface area contributed by atoms with E-state index in [-0.39, 0.29) is 11.5 Å². The molecule has 106 valence electrons. The third kappa shape index (κ3) is 4.93. The molecule has 0 aliphatic rings. The molecule has 0 saturated heterocycles. The van der Waals surface area contributed by atoms with Crippen LogP contribution in [0.3, 0.4) is 0 Å². The molecular formula is C16H24O3. The molecule has 0 aliphatic heterocycles. The number of ether oxygens (including phenoxy) is 1. The van der Waals surface area contributed by atoms with Crippen LogP contribution in [0, 0.1) is 6.92 Å². The number of aryl methyl sites for hydroxylation is 1. The summed E-state index contributed by atoms with van der Waals surface area (Å²) in [6.07, 6.45) is 5.94. The summed E-state index contributed by atoms with van der Waals surface area (Å²) in [6.45, 7) is 6.11. The van der Waals surface area contributed by atoms with Crippen LogP contribution in [0.5, 0.6) is 11.5 Å². The van der Waals surface area contributed by atoms with Crippen LogP contribution in [0.4, 0.5) is 0 Å². The zero-order chi connectivity index (χ0) is 14.3. The van der Waals surface area contributed by atoms with Crippen molar-refractivity contribution in [1.29, 1.82) is 0 Å². The van der Waals surface area contributed by atoms with Crippen molar-refractivity contribution in [1.82, 2.24) is 0 Å². The highest BCUT2D eigenvalue weighted by molar-refractivity contribution is 5.98. The summed E-state index contributed by atoms with van der Waals surface area (Å²) in [5.41, 5.74) is 1.14. The Labute approximate surface area is 115 Å². The molecule has 0 bridgehead atoms. The minimum atomic E-state index is -0.124. The summed E-state index contributed by atoms with van der Waals surface area (Å²) < 4.78 is 5.61. The molecule has 0 fully saturated rings. The summed E-state index contributed by atoms with van der Waals surface area (Å²) >= 11 is 0. The van der Waals surface area contributed by atoms with Gasteiger partial charge in [-0.1, -0.05) is 32.6 Å². The molecule has 0 atom stereocenters. The number of rotatable bonds is 8. The lowest BCUT2D eigenvalue weighted by Crippen LogP contribution is -2.01. The Kier molecular flexibility index (Phi) is 6.40.